The van der Waals surface area contributed by atoms with Crippen molar-refractivity contribution in [3.05, 3.63) is 12.2 Å². The van der Waals surface area contributed by atoms with Gasteiger partial charge in [-0.1, -0.05) is 57.6 Å². The number of aliphatic hydroxyl groups excluding tert-OH is 1. The summed E-state index contributed by atoms with van der Waals surface area (Å²) < 4.78 is 0. The molecule has 0 aromatic heterocycles. The summed E-state index contributed by atoms with van der Waals surface area (Å²) in [5.41, 5.74) is 0. The SMILES string of the molecule is CCCCC[C@@H](O)/C=C/[C@H]1CCC(=O)[C@@H]1CCCCCCC(=O)O. The van der Waals surface area contributed by atoms with Crippen LogP contribution in [0.25, 0.3) is 0 Å². The number of unbranched alkanes of at least 4 members (excludes halogenated alkanes) is 5. The van der Waals surface area contributed by atoms with Crippen LogP contribution in [0.1, 0.15) is 84.0 Å². The van der Waals surface area contributed by atoms with Gasteiger partial charge in [-0.15, -0.1) is 0 Å². The number of aliphatic hydroxyl groups is 1. The van der Waals surface area contributed by atoms with Crippen molar-refractivity contribution in [1.82, 2.24) is 0 Å². The molecule has 2 N–H and O–H groups in total. The molecule has 1 aliphatic carbocycles. The van der Waals surface area contributed by atoms with Crippen LogP contribution >= 0.6 is 0 Å². The van der Waals surface area contributed by atoms with E-state index < -0.39 is 5.97 Å². The molecule has 0 heterocycles. The van der Waals surface area contributed by atoms with Crippen molar-refractivity contribution >= 4 is 11.8 Å². The fourth-order valence-electron chi connectivity index (χ4n) is 3.50. The molecule has 138 valence electrons. The van der Waals surface area contributed by atoms with E-state index in [4.69, 9.17) is 5.11 Å². The molecule has 0 aromatic rings. The fraction of sp³-hybridized carbons (Fsp3) is 0.800. The number of carboxylic acid groups (broad SMARTS) is 1. The van der Waals surface area contributed by atoms with Crippen molar-refractivity contribution in [3.8, 4) is 0 Å². The maximum Gasteiger partial charge on any atom is 0.303 e. The largest absolute Gasteiger partial charge is 0.481 e. The Hall–Kier alpha value is -1.16. The molecule has 0 unspecified atom stereocenters. The first kappa shape index (κ1) is 20.9. The Bertz CT molecular complexity index is 402. The highest BCUT2D eigenvalue weighted by Crippen LogP contribution is 2.34. The molecule has 1 aliphatic rings. The molecule has 0 radical (unpaired) electrons. The second-order valence-electron chi connectivity index (χ2n) is 7.07. The topological polar surface area (TPSA) is 74.6 Å². The fourth-order valence-corrected chi connectivity index (χ4v) is 3.50. The van der Waals surface area contributed by atoms with Crippen LogP contribution in [0.4, 0.5) is 0 Å². The van der Waals surface area contributed by atoms with Crippen LogP contribution in [0.15, 0.2) is 12.2 Å². The Morgan fingerprint density at radius 2 is 1.96 bits per heavy atom. The lowest BCUT2D eigenvalue weighted by atomic mass is 9.89. The zero-order chi connectivity index (χ0) is 17.8. The number of carbonyl (C=O) groups is 2. The van der Waals surface area contributed by atoms with Gasteiger partial charge in [0.25, 0.3) is 0 Å². The standard InChI is InChI=1S/C20H34O4/c1-2-3-6-9-17(21)14-12-16-13-15-19(22)18(16)10-7-4-5-8-11-20(23)24/h12,14,16-18,21H,2-11,13,15H2,1H3,(H,23,24)/b14-12+/t16-,17+,18+/m0/s1. The maximum atomic E-state index is 12.1. The molecule has 24 heavy (non-hydrogen) atoms. The number of rotatable bonds is 13. The van der Waals surface area contributed by atoms with Crippen LogP contribution in [-0.4, -0.2) is 28.1 Å². The summed E-state index contributed by atoms with van der Waals surface area (Å²) in [5.74, 6) is 0.000218. The van der Waals surface area contributed by atoms with Gasteiger partial charge in [0, 0.05) is 18.8 Å². The number of carboxylic acids is 1. The van der Waals surface area contributed by atoms with Gasteiger partial charge in [0.15, 0.2) is 0 Å². The van der Waals surface area contributed by atoms with Gasteiger partial charge in [-0.2, -0.15) is 0 Å². The quantitative estimate of drug-likeness (QED) is 0.383. The predicted molar refractivity (Wildman–Crippen MR) is 95.8 cm³/mol. The number of allylic oxidation sites excluding steroid dienone is 1. The van der Waals surface area contributed by atoms with Crippen LogP contribution in [0.3, 0.4) is 0 Å². The van der Waals surface area contributed by atoms with E-state index in [0.717, 1.165) is 64.2 Å². The monoisotopic (exact) mass is 338 g/mol. The number of ketones is 1. The van der Waals surface area contributed by atoms with Crippen molar-refractivity contribution in [2.24, 2.45) is 11.8 Å². The number of hydrogen-bond donors (Lipinski definition) is 2. The second kappa shape index (κ2) is 12.2. The highest BCUT2D eigenvalue weighted by molar-refractivity contribution is 5.83. The molecule has 4 heteroatoms. The van der Waals surface area contributed by atoms with Crippen molar-refractivity contribution < 1.29 is 19.8 Å². The molecule has 0 aromatic carbocycles. The second-order valence-corrected chi connectivity index (χ2v) is 7.07. The molecule has 0 amide bonds. The number of hydrogen-bond acceptors (Lipinski definition) is 3. The van der Waals surface area contributed by atoms with Crippen molar-refractivity contribution in [1.29, 1.82) is 0 Å². The van der Waals surface area contributed by atoms with Crippen LogP contribution in [0, 0.1) is 11.8 Å². The maximum absolute atomic E-state index is 12.1. The van der Waals surface area contributed by atoms with E-state index in [1.807, 2.05) is 6.08 Å². The third kappa shape index (κ3) is 8.62. The number of aliphatic carboxylic acids is 1. The smallest absolute Gasteiger partial charge is 0.303 e. The minimum absolute atomic E-state index is 0.101. The first-order valence-corrected chi connectivity index (χ1v) is 9.65. The highest BCUT2D eigenvalue weighted by Gasteiger charge is 2.32. The molecule has 0 bridgehead atoms. The van der Waals surface area contributed by atoms with Gasteiger partial charge < -0.3 is 10.2 Å². The summed E-state index contributed by atoms with van der Waals surface area (Å²) in [4.78, 5) is 22.5. The van der Waals surface area contributed by atoms with Crippen LogP contribution < -0.4 is 0 Å². The summed E-state index contributed by atoms with van der Waals surface area (Å²) in [6, 6.07) is 0. The third-order valence-electron chi connectivity index (χ3n) is 4.99. The van der Waals surface area contributed by atoms with E-state index in [1.54, 1.807) is 0 Å². The lowest BCUT2D eigenvalue weighted by molar-refractivity contribution is -0.137. The van der Waals surface area contributed by atoms with Gasteiger partial charge in [-0.3, -0.25) is 9.59 Å². The minimum atomic E-state index is -0.733. The molecule has 1 rings (SSSR count). The van der Waals surface area contributed by atoms with E-state index in [1.165, 1.54) is 0 Å². The number of carbonyl (C=O) groups excluding carboxylic acids is 1. The van der Waals surface area contributed by atoms with Gasteiger partial charge in [0.05, 0.1) is 6.10 Å². The Morgan fingerprint density at radius 3 is 2.67 bits per heavy atom. The first-order chi connectivity index (χ1) is 11.5. The summed E-state index contributed by atoms with van der Waals surface area (Å²) >= 11 is 0. The minimum Gasteiger partial charge on any atom is -0.481 e. The van der Waals surface area contributed by atoms with Gasteiger partial charge >= 0.3 is 5.97 Å². The van der Waals surface area contributed by atoms with E-state index >= 15 is 0 Å². The Balaban J connectivity index is 2.28. The van der Waals surface area contributed by atoms with E-state index in [-0.39, 0.29) is 24.4 Å². The molecule has 0 spiro atoms. The first-order valence-electron chi connectivity index (χ1n) is 9.65. The molecule has 1 fully saturated rings. The summed E-state index contributed by atoms with van der Waals surface area (Å²) in [6.45, 7) is 2.15. The van der Waals surface area contributed by atoms with Crippen LogP contribution in [0.5, 0.6) is 0 Å². The lowest BCUT2D eigenvalue weighted by Crippen LogP contribution is -2.14. The average molecular weight is 338 g/mol. The van der Waals surface area contributed by atoms with E-state index in [9.17, 15) is 14.7 Å². The predicted octanol–water partition coefficient (Wildman–Crippen LogP) is 4.50. The Morgan fingerprint density at radius 1 is 1.21 bits per heavy atom. The van der Waals surface area contributed by atoms with E-state index in [0.29, 0.717) is 12.2 Å². The Kier molecular flexibility index (Phi) is 10.6. The van der Waals surface area contributed by atoms with Gasteiger partial charge in [-0.05, 0) is 31.6 Å². The van der Waals surface area contributed by atoms with Crippen molar-refractivity contribution in [2.45, 2.75) is 90.1 Å². The van der Waals surface area contributed by atoms with Crippen molar-refractivity contribution in [2.75, 3.05) is 0 Å². The molecule has 4 nitrogen and oxygen atoms in total. The van der Waals surface area contributed by atoms with Gasteiger partial charge in [0.2, 0.25) is 0 Å². The zero-order valence-electron chi connectivity index (χ0n) is 15.1. The number of Topliss-reactive ketones (excluding diaryl/α,β-unsaturated/α-hetero) is 1. The summed E-state index contributed by atoms with van der Waals surface area (Å²) in [6.07, 6.45) is 14.0. The summed E-state index contributed by atoms with van der Waals surface area (Å²) in [5, 5.41) is 18.6. The van der Waals surface area contributed by atoms with Crippen LogP contribution in [-0.2, 0) is 9.59 Å². The van der Waals surface area contributed by atoms with Crippen LogP contribution in [0.2, 0.25) is 0 Å². The summed E-state index contributed by atoms with van der Waals surface area (Å²) in [7, 11) is 0. The molecule has 0 saturated heterocycles. The normalized spacial score (nSPS) is 22.3. The molecule has 3 atom stereocenters. The molecular formula is C20H34O4. The van der Waals surface area contributed by atoms with Crippen molar-refractivity contribution in [3.63, 3.8) is 0 Å². The average Bonchev–Trinajstić information content (AvgIpc) is 2.89. The zero-order valence-corrected chi connectivity index (χ0v) is 15.1. The highest BCUT2D eigenvalue weighted by atomic mass is 16.4. The lowest BCUT2D eigenvalue weighted by Gasteiger charge is -2.15. The third-order valence-corrected chi connectivity index (χ3v) is 4.99. The van der Waals surface area contributed by atoms with Gasteiger partial charge in [-0.25, -0.2) is 0 Å². The molecule has 1 saturated carbocycles. The Labute approximate surface area is 146 Å². The molecule has 0 aliphatic heterocycles. The molecular weight excluding hydrogens is 304 g/mol. The van der Waals surface area contributed by atoms with E-state index in [2.05, 4.69) is 13.0 Å². The van der Waals surface area contributed by atoms with Gasteiger partial charge in [0.1, 0.15) is 5.78 Å².